The molecule has 0 spiro atoms. The van der Waals surface area contributed by atoms with Crippen LogP contribution in [-0.2, 0) is 5.75 Å². The number of benzene rings is 2. The third-order valence-corrected chi connectivity index (χ3v) is 3.97. The molecule has 0 aromatic heterocycles. The molecule has 0 atom stereocenters. The van der Waals surface area contributed by atoms with E-state index in [1.807, 2.05) is 0 Å². The van der Waals surface area contributed by atoms with E-state index < -0.39 is 16.6 Å². The van der Waals surface area contributed by atoms with Crippen LogP contribution in [0.5, 0.6) is 0 Å². The van der Waals surface area contributed by atoms with Crippen molar-refractivity contribution < 1.29 is 13.7 Å². The average molecular weight is 316 g/mol. The summed E-state index contributed by atoms with van der Waals surface area (Å²) in [6.45, 7) is 0. The molecule has 0 saturated carbocycles. The summed E-state index contributed by atoms with van der Waals surface area (Å²) in [5.41, 5.74) is 0.544. The Labute approximate surface area is 122 Å². The highest BCUT2D eigenvalue weighted by Crippen LogP contribution is 2.30. The lowest BCUT2D eigenvalue weighted by Gasteiger charge is -2.05. The molecule has 0 N–H and O–H groups in total. The third kappa shape index (κ3) is 3.46. The lowest BCUT2D eigenvalue weighted by Crippen LogP contribution is -1.90. The van der Waals surface area contributed by atoms with Gasteiger partial charge in [0.25, 0.3) is 5.69 Å². The fraction of sp³-hybridized carbons (Fsp3) is 0.0769. The Bertz CT molecular complexity index is 667. The quantitative estimate of drug-likeness (QED) is 0.461. The molecule has 2 aromatic rings. The van der Waals surface area contributed by atoms with E-state index >= 15 is 0 Å². The van der Waals surface area contributed by atoms with Crippen LogP contribution in [0.2, 0.25) is 5.02 Å². The van der Waals surface area contributed by atoms with Gasteiger partial charge in [-0.1, -0.05) is 11.6 Å². The molecule has 3 nitrogen and oxygen atoms in total. The number of non-ortho nitro benzene ring substituents is 1. The first kappa shape index (κ1) is 14.7. The lowest BCUT2D eigenvalue weighted by atomic mass is 10.2. The Morgan fingerprint density at radius 1 is 1.20 bits per heavy atom. The number of thioether (sulfide) groups is 1. The van der Waals surface area contributed by atoms with Gasteiger partial charge in [0, 0.05) is 28.8 Å². The zero-order chi connectivity index (χ0) is 14.7. The highest BCUT2D eigenvalue weighted by molar-refractivity contribution is 7.98. The molecule has 0 amide bonds. The number of nitrogens with zero attached hydrogens (tertiary/aromatic N) is 1. The summed E-state index contributed by atoms with van der Waals surface area (Å²) in [6.07, 6.45) is 0. The van der Waals surface area contributed by atoms with Crippen molar-refractivity contribution >= 4 is 29.1 Å². The van der Waals surface area contributed by atoms with E-state index in [4.69, 9.17) is 11.6 Å². The van der Waals surface area contributed by atoms with E-state index in [1.54, 1.807) is 0 Å². The number of nitro benzene ring substituents is 1. The second-order valence-corrected chi connectivity index (χ2v) is 5.32. The molecular weight excluding hydrogens is 308 g/mol. The van der Waals surface area contributed by atoms with E-state index in [0.29, 0.717) is 16.2 Å². The maximum absolute atomic E-state index is 13.4. The van der Waals surface area contributed by atoms with Crippen LogP contribution in [0.15, 0.2) is 41.3 Å². The standard InChI is InChI=1S/C13H8ClF2NO2S/c14-11-6-10(17(18)19)3-1-8(11)7-20-13-4-2-9(15)5-12(13)16/h1-6H,7H2. The summed E-state index contributed by atoms with van der Waals surface area (Å²) in [6, 6.07) is 7.42. The Morgan fingerprint density at radius 2 is 1.95 bits per heavy atom. The Hall–Kier alpha value is -1.66. The van der Waals surface area contributed by atoms with Crippen LogP contribution in [0.4, 0.5) is 14.5 Å². The van der Waals surface area contributed by atoms with E-state index in [9.17, 15) is 18.9 Å². The van der Waals surface area contributed by atoms with Crippen molar-refractivity contribution in [1.29, 1.82) is 0 Å². The van der Waals surface area contributed by atoms with Crippen molar-refractivity contribution in [3.8, 4) is 0 Å². The molecule has 0 saturated heterocycles. The first-order valence-electron chi connectivity index (χ1n) is 5.48. The minimum absolute atomic E-state index is 0.100. The first-order valence-corrected chi connectivity index (χ1v) is 6.84. The highest BCUT2D eigenvalue weighted by Gasteiger charge is 2.11. The zero-order valence-electron chi connectivity index (χ0n) is 9.98. The summed E-state index contributed by atoms with van der Waals surface area (Å²) in [5, 5.41) is 10.8. The van der Waals surface area contributed by atoms with Crippen LogP contribution in [0, 0.1) is 21.7 Å². The second kappa shape index (κ2) is 6.19. The van der Waals surface area contributed by atoms with Gasteiger partial charge in [-0.15, -0.1) is 11.8 Å². The predicted molar refractivity (Wildman–Crippen MR) is 74.0 cm³/mol. The fourth-order valence-electron chi connectivity index (χ4n) is 1.51. The van der Waals surface area contributed by atoms with Crippen molar-refractivity contribution in [3.63, 3.8) is 0 Å². The van der Waals surface area contributed by atoms with Crippen LogP contribution >= 0.6 is 23.4 Å². The third-order valence-electron chi connectivity index (χ3n) is 2.52. The van der Waals surface area contributed by atoms with Crippen LogP contribution in [0.25, 0.3) is 0 Å². The number of hydrogen-bond acceptors (Lipinski definition) is 3. The molecule has 104 valence electrons. The van der Waals surface area contributed by atoms with E-state index in [2.05, 4.69) is 0 Å². The molecule has 0 fully saturated rings. The maximum Gasteiger partial charge on any atom is 0.270 e. The van der Waals surface area contributed by atoms with Gasteiger partial charge in [0.1, 0.15) is 11.6 Å². The smallest absolute Gasteiger partial charge is 0.258 e. The number of hydrogen-bond donors (Lipinski definition) is 0. The largest absolute Gasteiger partial charge is 0.270 e. The van der Waals surface area contributed by atoms with Crippen molar-refractivity contribution in [1.82, 2.24) is 0 Å². The summed E-state index contributed by atoms with van der Waals surface area (Å²) in [7, 11) is 0. The summed E-state index contributed by atoms with van der Waals surface area (Å²) < 4.78 is 26.2. The summed E-state index contributed by atoms with van der Waals surface area (Å²) >= 11 is 7.07. The van der Waals surface area contributed by atoms with Gasteiger partial charge in [0.15, 0.2) is 0 Å². The SMILES string of the molecule is O=[N+]([O-])c1ccc(CSc2ccc(F)cc2F)c(Cl)c1. The molecule has 0 bridgehead atoms. The molecule has 20 heavy (non-hydrogen) atoms. The first-order chi connectivity index (χ1) is 9.47. The minimum atomic E-state index is -0.645. The van der Waals surface area contributed by atoms with E-state index in [0.717, 1.165) is 17.8 Å². The molecule has 2 aromatic carbocycles. The van der Waals surface area contributed by atoms with E-state index in [1.165, 1.54) is 30.3 Å². The van der Waals surface area contributed by atoms with Crippen molar-refractivity contribution in [2.45, 2.75) is 10.6 Å². The predicted octanol–water partition coefficient (Wildman–Crippen LogP) is 4.82. The molecule has 0 aliphatic carbocycles. The molecule has 7 heteroatoms. The molecular formula is C13H8ClF2NO2S. The highest BCUT2D eigenvalue weighted by atomic mass is 35.5. The van der Waals surface area contributed by atoms with Gasteiger partial charge in [-0.25, -0.2) is 8.78 Å². The van der Waals surface area contributed by atoms with Crippen molar-refractivity contribution in [2.75, 3.05) is 0 Å². The van der Waals surface area contributed by atoms with Gasteiger partial charge in [-0.2, -0.15) is 0 Å². The molecule has 0 aliphatic heterocycles. The second-order valence-electron chi connectivity index (χ2n) is 3.90. The van der Waals surface area contributed by atoms with Crippen LogP contribution in [0.1, 0.15) is 5.56 Å². The Kier molecular flexibility index (Phi) is 4.57. The van der Waals surface area contributed by atoms with Crippen LogP contribution in [0.3, 0.4) is 0 Å². The average Bonchev–Trinajstić information content (AvgIpc) is 2.38. The van der Waals surface area contributed by atoms with Gasteiger partial charge in [-0.3, -0.25) is 10.1 Å². The minimum Gasteiger partial charge on any atom is -0.258 e. The number of halogens is 3. The summed E-state index contributed by atoms with van der Waals surface area (Å²) in [5.74, 6) is -0.951. The maximum atomic E-state index is 13.4. The van der Waals surface area contributed by atoms with Gasteiger partial charge in [0.05, 0.1) is 9.95 Å². The molecule has 0 unspecified atom stereocenters. The van der Waals surface area contributed by atoms with Gasteiger partial charge >= 0.3 is 0 Å². The topological polar surface area (TPSA) is 43.1 Å². The Balaban J connectivity index is 2.13. The number of rotatable bonds is 4. The molecule has 2 rings (SSSR count). The van der Waals surface area contributed by atoms with Gasteiger partial charge < -0.3 is 0 Å². The van der Waals surface area contributed by atoms with E-state index in [-0.39, 0.29) is 10.7 Å². The fourth-order valence-corrected chi connectivity index (χ4v) is 2.76. The summed E-state index contributed by atoms with van der Waals surface area (Å²) in [4.78, 5) is 10.3. The van der Waals surface area contributed by atoms with Crippen LogP contribution < -0.4 is 0 Å². The van der Waals surface area contributed by atoms with Crippen molar-refractivity contribution in [2.24, 2.45) is 0 Å². The lowest BCUT2D eigenvalue weighted by molar-refractivity contribution is -0.384. The van der Waals surface area contributed by atoms with Gasteiger partial charge in [-0.05, 0) is 23.8 Å². The molecule has 0 heterocycles. The normalized spacial score (nSPS) is 10.6. The van der Waals surface area contributed by atoms with Crippen LogP contribution in [-0.4, -0.2) is 4.92 Å². The molecule has 0 aliphatic rings. The van der Waals surface area contributed by atoms with Crippen molar-refractivity contribution in [3.05, 3.63) is 68.7 Å². The zero-order valence-corrected chi connectivity index (χ0v) is 11.5. The monoisotopic (exact) mass is 315 g/mol. The molecule has 0 radical (unpaired) electrons. The Morgan fingerprint density at radius 3 is 2.55 bits per heavy atom. The van der Waals surface area contributed by atoms with Gasteiger partial charge in [0.2, 0.25) is 0 Å². The number of nitro groups is 1.